The van der Waals surface area contributed by atoms with Crippen molar-refractivity contribution >= 4 is 11.8 Å². The zero-order chi connectivity index (χ0) is 21.0. The van der Waals surface area contributed by atoms with E-state index in [0.29, 0.717) is 13.1 Å². The van der Waals surface area contributed by atoms with E-state index >= 15 is 0 Å². The van der Waals surface area contributed by atoms with Crippen LogP contribution in [0.25, 0.3) is 0 Å². The van der Waals surface area contributed by atoms with Gasteiger partial charge in [-0.1, -0.05) is 17.3 Å². The van der Waals surface area contributed by atoms with Crippen molar-refractivity contribution in [2.45, 2.75) is 12.7 Å². The molecule has 156 valence electrons. The summed E-state index contributed by atoms with van der Waals surface area (Å²) in [5.74, 6) is -1.04. The van der Waals surface area contributed by atoms with Gasteiger partial charge >= 0.3 is 6.18 Å². The van der Waals surface area contributed by atoms with Crippen LogP contribution in [0.3, 0.4) is 0 Å². The van der Waals surface area contributed by atoms with Crippen molar-refractivity contribution in [1.29, 1.82) is 0 Å². The minimum Gasteiger partial charge on any atom is -0.350 e. The van der Waals surface area contributed by atoms with Crippen LogP contribution < -0.4 is 5.32 Å². The maximum absolute atomic E-state index is 13.0. The number of rotatable bonds is 5. The summed E-state index contributed by atoms with van der Waals surface area (Å²) in [6.07, 6.45) is -3.14. The SMILES string of the molecule is CN1CCN(C(=O)c2cn(CCNC(=O)c3ccccc3C(F)(F)F)nn2)CC1. The zero-order valence-corrected chi connectivity index (χ0v) is 15.8. The van der Waals surface area contributed by atoms with Crippen molar-refractivity contribution in [1.82, 2.24) is 30.1 Å². The van der Waals surface area contributed by atoms with Crippen LogP contribution in [-0.2, 0) is 12.7 Å². The van der Waals surface area contributed by atoms with E-state index in [-0.39, 0.29) is 24.7 Å². The van der Waals surface area contributed by atoms with Gasteiger partial charge in [-0.3, -0.25) is 9.59 Å². The van der Waals surface area contributed by atoms with E-state index in [0.717, 1.165) is 25.2 Å². The molecule has 0 bridgehead atoms. The molecule has 2 aromatic rings. The number of nitrogens with one attached hydrogen (secondary N) is 1. The second-order valence-corrected chi connectivity index (χ2v) is 6.76. The standard InChI is InChI=1S/C18H21F3N6O2/c1-25-8-10-26(11-9-25)17(29)15-12-27(24-23-15)7-6-22-16(28)13-4-2-3-5-14(13)18(19,20)21/h2-5,12H,6-11H2,1H3,(H,22,28). The van der Waals surface area contributed by atoms with E-state index in [9.17, 15) is 22.8 Å². The van der Waals surface area contributed by atoms with Crippen molar-refractivity contribution < 1.29 is 22.8 Å². The van der Waals surface area contributed by atoms with Crippen molar-refractivity contribution in [2.75, 3.05) is 39.8 Å². The molecule has 1 aromatic heterocycles. The molecule has 1 aliphatic rings. The number of benzene rings is 1. The highest BCUT2D eigenvalue weighted by Gasteiger charge is 2.34. The Kier molecular flexibility index (Phi) is 6.16. The normalized spacial score (nSPS) is 15.4. The number of carbonyl (C=O) groups is 2. The van der Waals surface area contributed by atoms with E-state index in [1.165, 1.54) is 23.0 Å². The van der Waals surface area contributed by atoms with Gasteiger partial charge in [0, 0.05) is 32.7 Å². The lowest BCUT2D eigenvalue weighted by Gasteiger charge is -2.31. The van der Waals surface area contributed by atoms with E-state index < -0.39 is 23.2 Å². The summed E-state index contributed by atoms with van der Waals surface area (Å²) in [5.41, 5.74) is -1.23. The molecule has 1 saturated heterocycles. The van der Waals surface area contributed by atoms with Gasteiger partial charge in [-0.25, -0.2) is 4.68 Å². The number of piperazine rings is 1. The highest BCUT2D eigenvalue weighted by atomic mass is 19.4. The van der Waals surface area contributed by atoms with Crippen molar-refractivity contribution in [3.63, 3.8) is 0 Å². The number of hydrogen-bond donors (Lipinski definition) is 1. The third-order valence-corrected chi connectivity index (χ3v) is 4.65. The Balaban J connectivity index is 1.54. The second kappa shape index (κ2) is 8.60. The summed E-state index contributed by atoms with van der Waals surface area (Å²) in [6, 6.07) is 4.59. The molecule has 11 heteroatoms. The molecule has 0 unspecified atom stereocenters. The number of amides is 2. The predicted molar refractivity (Wildman–Crippen MR) is 97.2 cm³/mol. The number of hydrogen-bond acceptors (Lipinski definition) is 5. The second-order valence-electron chi connectivity index (χ2n) is 6.76. The quantitative estimate of drug-likeness (QED) is 0.799. The van der Waals surface area contributed by atoms with Crippen molar-refractivity contribution in [3.05, 3.63) is 47.3 Å². The molecule has 3 rings (SSSR count). The summed E-state index contributed by atoms with van der Waals surface area (Å²) >= 11 is 0. The molecule has 0 aliphatic carbocycles. The minimum atomic E-state index is -4.61. The molecule has 1 aromatic carbocycles. The maximum atomic E-state index is 13.0. The molecule has 0 atom stereocenters. The average molecular weight is 410 g/mol. The number of carbonyl (C=O) groups excluding carboxylic acids is 2. The number of aromatic nitrogens is 3. The van der Waals surface area contributed by atoms with Crippen LogP contribution in [-0.4, -0.2) is 76.4 Å². The van der Waals surface area contributed by atoms with Gasteiger partial charge in [-0.2, -0.15) is 13.2 Å². The fourth-order valence-electron chi connectivity index (χ4n) is 2.98. The largest absolute Gasteiger partial charge is 0.417 e. The first-order chi connectivity index (χ1) is 13.8. The third-order valence-electron chi connectivity index (χ3n) is 4.65. The van der Waals surface area contributed by atoms with Gasteiger partial charge in [-0.05, 0) is 19.2 Å². The molecule has 0 radical (unpaired) electrons. The Hall–Kier alpha value is -2.95. The van der Waals surface area contributed by atoms with E-state index in [2.05, 4.69) is 20.5 Å². The van der Waals surface area contributed by atoms with Crippen LogP contribution in [0.15, 0.2) is 30.5 Å². The Morgan fingerprint density at radius 1 is 1.14 bits per heavy atom. The summed E-state index contributed by atoms with van der Waals surface area (Å²) in [4.78, 5) is 28.4. The average Bonchev–Trinajstić information content (AvgIpc) is 3.16. The van der Waals surface area contributed by atoms with E-state index in [1.54, 1.807) is 4.90 Å². The van der Waals surface area contributed by atoms with E-state index in [4.69, 9.17) is 0 Å². The number of likely N-dealkylation sites (N-methyl/N-ethyl adjacent to an activating group) is 1. The lowest BCUT2D eigenvalue weighted by molar-refractivity contribution is -0.137. The van der Waals surface area contributed by atoms with Gasteiger partial charge in [0.1, 0.15) is 0 Å². The fourth-order valence-corrected chi connectivity index (χ4v) is 2.98. The van der Waals surface area contributed by atoms with Gasteiger partial charge in [0.2, 0.25) is 0 Å². The Labute approximate surface area is 165 Å². The minimum absolute atomic E-state index is 0.0382. The summed E-state index contributed by atoms with van der Waals surface area (Å²) in [7, 11) is 1.99. The van der Waals surface area contributed by atoms with Crippen LogP contribution in [0.1, 0.15) is 26.4 Å². The number of alkyl halides is 3. The van der Waals surface area contributed by atoms with Crippen molar-refractivity contribution in [2.24, 2.45) is 0 Å². The summed E-state index contributed by atoms with van der Waals surface area (Å²) in [6.45, 7) is 2.99. The highest BCUT2D eigenvalue weighted by Crippen LogP contribution is 2.31. The van der Waals surface area contributed by atoms with Gasteiger partial charge in [0.15, 0.2) is 5.69 Å². The molecular weight excluding hydrogens is 389 g/mol. The zero-order valence-electron chi connectivity index (χ0n) is 15.8. The van der Waals surface area contributed by atoms with Crippen LogP contribution in [0.5, 0.6) is 0 Å². The predicted octanol–water partition coefficient (Wildman–Crippen LogP) is 1.11. The lowest BCUT2D eigenvalue weighted by Crippen LogP contribution is -2.47. The van der Waals surface area contributed by atoms with Crippen LogP contribution in [0.4, 0.5) is 13.2 Å². The molecule has 0 spiro atoms. The molecule has 0 saturated carbocycles. The Morgan fingerprint density at radius 2 is 1.83 bits per heavy atom. The number of halogens is 3. The third kappa shape index (κ3) is 5.11. The fraction of sp³-hybridized carbons (Fsp3) is 0.444. The van der Waals surface area contributed by atoms with Crippen LogP contribution in [0.2, 0.25) is 0 Å². The van der Waals surface area contributed by atoms with Gasteiger partial charge in [0.25, 0.3) is 11.8 Å². The topological polar surface area (TPSA) is 83.4 Å². The molecule has 29 heavy (non-hydrogen) atoms. The monoisotopic (exact) mass is 410 g/mol. The van der Waals surface area contributed by atoms with E-state index in [1.807, 2.05) is 7.05 Å². The summed E-state index contributed by atoms with van der Waals surface area (Å²) < 4.78 is 40.4. The molecule has 2 amide bonds. The van der Waals surface area contributed by atoms with Crippen LogP contribution >= 0.6 is 0 Å². The smallest absolute Gasteiger partial charge is 0.350 e. The van der Waals surface area contributed by atoms with Crippen LogP contribution in [0, 0.1) is 0 Å². The highest BCUT2D eigenvalue weighted by molar-refractivity contribution is 5.95. The Morgan fingerprint density at radius 3 is 2.52 bits per heavy atom. The number of nitrogens with zero attached hydrogens (tertiary/aromatic N) is 5. The van der Waals surface area contributed by atoms with Gasteiger partial charge in [-0.15, -0.1) is 5.10 Å². The van der Waals surface area contributed by atoms with Crippen molar-refractivity contribution in [3.8, 4) is 0 Å². The van der Waals surface area contributed by atoms with Gasteiger partial charge in [0.05, 0.1) is 23.9 Å². The first-order valence-electron chi connectivity index (χ1n) is 9.08. The molecule has 8 nitrogen and oxygen atoms in total. The molecular formula is C18H21F3N6O2. The maximum Gasteiger partial charge on any atom is 0.417 e. The molecule has 2 heterocycles. The molecule has 1 N–H and O–H groups in total. The first kappa shape index (κ1) is 20.8. The van der Waals surface area contributed by atoms with Gasteiger partial charge < -0.3 is 15.1 Å². The molecule has 1 fully saturated rings. The lowest BCUT2D eigenvalue weighted by atomic mass is 10.1. The molecule has 1 aliphatic heterocycles. The Bertz CT molecular complexity index is 874. The first-order valence-corrected chi connectivity index (χ1v) is 9.08. The summed E-state index contributed by atoms with van der Waals surface area (Å²) in [5, 5.41) is 10.1.